The third-order valence-corrected chi connectivity index (χ3v) is 7.51. The van der Waals surface area contributed by atoms with E-state index in [2.05, 4.69) is 35.5 Å². The summed E-state index contributed by atoms with van der Waals surface area (Å²) in [5, 5.41) is 5.56. The van der Waals surface area contributed by atoms with E-state index in [-0.39, 0.29) is 42.7 Å². The van der Waals surface area contributed by atoms with Gasteiger partial charge in [-0.2, -0.15) is 0 Å². The highest BCUT2D eigenvalue weighted by molar-refractivity contribution is 5.95. The highest BCUT2D eigenvalue weighted by Gasteiger charge is 2.40. The Morgan fingerprint density at radius 2 is 1.52 bits per heavy atom. The van der Waals surface area contributed by atoms with Gasteiger partial charge in [-0.15, -0.1) is 0 Å². The van der Waals surface area contributed by atoms with Crippen molar-refractivity contribution in [2.24, 2.45) is 22.2 Å². The van der Waals surface area contributed by atoms with Gasteiger partial charge < -0.3 is 32.7 Å². The number of piperazine rings is 2. The van der Waals surface area contributed by atoms with Gasteiger partial charge in [0.2, 0.25) is 17.7 Å². The minimum Gasteiger partial charge on any atom is -0.370 e. The molecule has 2 aliphatic rings. The summed E-state index contributed by atoms with van der Waals surface area (Å²) < 4.78 is 0. The molecule has 0 radical (unpaired) electrons. The predicted octanol–water partition coefficient (Wildman–Crippen LogP) is 0.497. The van der Waals surface area contributed by atoms with Crippen LogP contribution in [0.4, 0.5) is 0 Å². The number of nitrogens with zero attached hydrogens (tertiary/aromatic N) is 3. The number of carbonyl (C=O) groups excluding carboxylic acids is 4. The molecule has 12 nitrogen and oxygen atoms in total. The molecular weight excluding hydrogens is 512 g/mol. The Hall–Kier alpha value is -3.15. The lowest BCUT2D eigenvalue weighted by Crippen LogP contribution is -2.66. The van der Waals surface area contributed by atoms with Gasteiger partial charge in [0.25, 0.3) is 0 Å². The fourth-order valence-electron chi connectivity index (χ4n) is 5.21. The average molecular weight is 563 g/mol. The molecule has 2 heterocycles. The van der Waals surface area contributed by atoms with E-state index < -0.39 is 24.0 Å². The molecule has 0 saturated carbocycles. The first kappa shape index (κ1) is 33.1. The maximum absolute atomic E-state index is 13.5. The van der Waals surface area contributed by atoms with E-state index in [1.165, 1.54) is 25.7 Å². The third-order valence-electron chi connectivity index (χ3n) is 7.51. The minimum absolute atomic E-state index is 0.0331. The number of nitrogens with one attached hydrogen (secondary N) is 2. The van der Waals surface area contributed by atoms with E-state index in [4.69, 9.17) is 17.2 Å². The standard InChI is InChI=1S/C28H50N8O4/c1-3-5-7-8-9-10-11-16-35-17-20(33-26(39)22(35)13-6-4-2)24(37)19-36-18-21(25(29)38)34-27(40)23(36)14-12-15-32-28(30)31/h11,16,20-23H,3-10,12-15,17-19H2,1-2H3,(H2,29,38)(H,33,39)(H,34,40)(H4,30,31,32)/t20-,21-,22+,23+/m1/s1. The summed E-state index contributed by atoms with van der Waals surface area (Å²) in [6.45, 7) is 5.00. The number of unbranched alkanes of at least 4 members (excludes halogenated alkanes) is 6. The number of amides is 3. The number of Topliss-reactive ketones (excluding diaryl/α,β-unsaturated/α-hetero) is 1. The lowest BCUT2D eigenvalue weighted by molar-refractivity contribution is -0.140. The van der Waals surface area contributed by atoms with Crippen LogP contribution in [-0.4, -0.2) is 89.6 Å². The van der Waals surface area contributed by atoms with Gasteiger partial charge in [0.1, 0.15) is 18.1 Å². The average Bonchev–Trinajstić information content (AvgIpc) is 2.90. The quantitative estimate of drug-likeness (QED) is 0.0906. The van der Waals surface area contributed by atoms with E-state index in [0.717, 1.165) is 25.7 Å². The topological polar surface area (TPSA) is 189 Å². The Morgan fingerprint density at radius 3 is 2.20 bits per heavy atom. The van der Waals surface area contributed by atoms with Gasteiger partial charge >= 0.3 is 0 Å². The molecule has 12 heteroatoms. The maximum Gasteiger partial charge on any atom is 0.243 e. The normalized spacial score (nSPS) is 23.6. The zero-order valence-electron chi connectivity index (χ0n) is 24.3. The Morgan fingerprint density at radius 1 is 0.875 bits per heavy atom. The number of nitrogens with two attached hydrogens (primary N) is 3. The molecule has 4 atom stereocenters. The second kappa shape index (κ2) is 17.5. The minimum atomic E-state index is -0.898. The summed E-state index contributed by atoms with van der Waals surface area (Å²) in [5.41, 5.74) is 16.2. The number of hydrogen-bond acceptors (Lipinski definition) is 7. The summed E-state index contributed by atoms with van der Waals surface area (Å²) >= 11 is 0. The summed E-state index contributed by atoms with van der Waals surface area (Å²) in [6, 6.07) is -2.58. The molecule has 2 aliphatic heterocycles. The molecule has 0 aromatic carbocycles. The zero-order valence-corrected chi connectivity index (χ0v) is 24.3. The van der Waals surface area contributed by atoms with Crippen molar-refractivity contribution in [3.8, 4) is 0 Å². The smallest absolute Gasteiger partial charge is 0.243 e. The fraction of sp³-hybridized carbons (Fsp3) is 0.750. The first-order chi connectivity index (χ1) is 19.2. The van der Waals surface area contributed by atoms with Crippen LogP contribution in [0.5, 0.6) is 0 Å². The van der Waals surface area contributed by atoms with E-state index in [0.29, 0.717) is 32.4 Å². The van der Waals surface area contributed by atoms with E-state index in [1.54, 1.807) is 4.90 Å². The highest BCUT2D eigenvalue weighted by atomic mass is 16.2. The lowest BCUT2D eigenvalue weighted by atomic mass is 9.98. The molecule has 0 aromatic heterocycles. The molecule has 0 unspecified atom stereocenters. The van der Waals surface area contributed by atoms with Crippen molar-refractivity contribution in [1.29, 1.82) is 0 Å². The van der Waals surface area contributed by atoms with Crippen LogP contribution in [0.25, 0.3) is 0 Å². The third kappa shape index (κ3) is 10.8. The number of aliphatic imine (C=N–C) groups is 1. The molecule has 40 heavy (non-hydrogen) atoms. The van der Waals surface area contributed by atoms with Crippen LogP contribution in [0, 0.1) is 0 Å². The van der Waals surface area contributed by atoms with Gasteiger partial charge in [0, 0.05) is 19.6 Å². The number of guanidine groups is 1. The molecule has 0 aromatic rings. The Balaban J connectivity index is 2.09. The van der Waals surface area contributed by atoms with Crippen molar-refractivity contribution >= 4 is 29.5 Å². The monoisotopic (exact) mass is 562 g/mol. The molecule has 0 spiro atoms. The summed E-state index contributed by atoms with van der Waals surface area (Å²) in [4.78, 5) is 58.9. The van der Waals surface area contributed by atoms with Gasteiger partial charge in [0.05, 0.1) is 12.6 Å². The number of carbonyl (C=O) groups is 4. The van der Waals surface area contributed by atoms with Crippen molar-refractivity contribution in [3.63, 3.8) is 0 Å². The van der Waals surface area contributed by atoms with Crippen molar-refractivity contribution in [2.75, 3.05) is 26.2 Å². The first-order valence-corrected chi connectivity index (χ1v) is 14.8. The highest BCUT2D eigenvalue weighted by Crippen LogP contribution is 2.19. The number of rotatable bonds is 18. The molecule has 2 saturated heterocycles. The van der Waals surface area contributed by atoms with Crippen molar-refractivity contribution < 1.29 is 19.2 Å². The second-order valence-electron chi connectivity index (χ2n) is 10.8. The molecule has 0 bridgehead atoms. The molecule has 2 rings (SSSR count). The van der Waals surface area contributed by atoms with E-state index >= 15 is 0 Å². The van der Waals surface area contributed by atoms with Crippen LogP contribution in [0.2, 0.25) is 0 Å². The zero-order chi connectivity index (χ0) is 29.5. The fourth-order valence-corrected chi connectivity index (χ4v) is 5.21. The Labute approximate surface area is 238 Å². The van der Waals surface area contributed by atoms with Crippen molar-refractivity contribution in [2.45, 2.75) is 109 Å². The van der Waals surface area contributed by atoms with E-state index in [9.17, 15) is 19.2 Å². The Kier molecular flexibility index (Phi) is 14.5. The summed E-state index contributed by atoms with van der Waals surface area (Å²) in [7, 11) is 0. The van der Waals surface area contributed by atoms with Crippen LogP contribution in [0.3, 0.4) is 0 Å². The van der Waals surface area contributed by atoms with Crippen LogP contribution >= 0.6 is 0 Å². The number of primary amides is 1. The molecule has 8 N–H and O–H groups in total. The summed E-state index contributed by atoms with van der Waals surface area (Å²) in [6.07, 6.45) is 14.5. The van der Waals surface area contributed by atoms with Crippen molar-refractivity contribution in [3.05, 3.63) is 12.3 Å². The first-order valence-electron chi connectivity index (χ1n) is 14.8. The van der Waals surface area contributed by atoms with Gasteiger partial charge in [-0.25, -0.2) is 0 Å². The van der Waals surface area contributed by atoms with E-state index in [1.807, 2.05) is 11.1 Å². The largest absolute Gasteiger partial charge is 0.370 e. The lowest BCUT2D eigenvalue weighted by Gasteiger charge is -2.41. The van der Waals surface area contributed by atoms with Crippen LogP contribution in [-0.2, 0) is 19.2 Å². The predicted molar refractivity (Wildman–Crippen MR) is 156 cm³/mol. The second-order valence-corrected chi connectivity index (χ2v) is 10.8. The number of ketones is 1. The SMILES string of the molecule is CCCCCCCC=CN1C[C@H](C(=O)CN2C[C@H](C(N)=O)NC(=O)[C@@H]2CCCN=C(N)N)NC(=O)[C@@H]1CCCC. The molecule has 226 valence electrons. The number of allylic oxidation sites excluding steroid dienone is 1. The van der Waals surface area contributed by atoms with Crippen molar-refractivity contribution in [1.82, 2.24) is 20.4 Å². The van der Waals surface area contributed by atoms with Gasteiger partial charge in [-0.05, 0) is 38.3 Å². The molecule has 0 aliphatic carbocycles. The van der Waals surface area contributed by atoms with Crippen LogP contribution < -0.4 is 27.8 Å². The van der Waals surface area contributed by atoms with Crippen LogP contribution in [0.15, 0.2) is 17.3 Å². The van der Waals surface area contributed by atoms with Gasteiger partial charge in [-0.1, -0.05) is 58.4 Å². The number of hydrogen-bond donors (Lipinski definition) is 5. The van der Waals surface area contributed by atoms with Gasteiger partial charge in [-0.3, -0.25) is 29.1 Å². The van der Waals surface area contributed by atoms with Gasteiger partial charge in [0.15, 0.2) is 11.7 Å². The van der Waals surface area contributed by atoms with Crippen LogP contribution in [0.1, 0.15) is 84.5 Å². The summed E-state index contributed by atoms with van der Waals surface area (Å²) in [5.74, 6) is -1.45. The molecule has 2 fully saturated rings. The molecular formula is C28H50N8O4. The Bertz CT molecular complexity index is 905. The maximum atomic E-state index is 13.5. The molecule has 3 amide bonds.